The molecule has 1 aromatic heterocycles. The summed E-state index contributed by atoms with van der Waals surface area (Å²) in [7, 11) is 0. The number of halogens is 2. The highest BCUT2D eigenvalue weighted by Gasteiger charge is 2.30. The maximum atomic E-state index is 13.3. The van der Waals surface area contributed by atoms with Gasteiger partial charge in [0.1, 0.15) is 5.76 Å². The van der Waals surface area contributed by atoms with Gasteiger partial charge in [0.2, 0.25) is 0 Å². The van der Waals surface area contributed by atoms with Crippen molar-refractivity contribution in [2.45, 2.75) is 33.1 Å². The summed E-state index contributed by atoms with van der Waals surface area (Å²) < 4.78 is 6.04. The Hall–Kier alpha value is -3.09. The molecule has 3 aromatic rings. The average molecular weight is 484 g/mol. The summed E-state index contributed by atoms with van der Waals surface area (Å²) in [5.41, 5.74) is 5.86. The van der Waals surface area contributed by atoms with E-state index in [0.717, 1.165) is 23.2 Å². The molecule has 0 spiro atoms. The molecule has 0 fully saturated rings. The van der Waals surface area contributed by atoms with Crippen molar-refractivity contribution in [3.63, 3.8) is 0 Å². The van der Waals surface area contributed by atoms with Crippen LogP contribution in [0.15, 0.2) is 58.0 Å². The van der Waals surface area contributed by atoms with Crippen molar-refractivity contribution >= 4 is 46.4 Å². The average Bonchev–Trinajstić information content (AvgIpc) is 3.15. The molecule has 0 aliphatic heterocycles. The van der Waals surface area contributed by atoms with Crippen LogP contribution in [0.4, 0.5) is 5.69 Å². The van der Waals surface area contributed by atoms with Gasteiger partial charge in [-0.2, -0.15) is 5.10 Å². The number of hydrogen-bond acceptors (Lipinski definition) is 4. The fourth-order valence-corrected chi connectivity index (χ4v) is 4.50. The molecule has 1 N–H and O–H groups in total. The monoisotopic (exact) mass is 483 g/mol. The Labute approximate surface area is 202 Å². The Kier molecular flexibility index (Phi) is 6.86. The van der Waals surface area contributed by atoms with Gasteiger partial charge in [-0.15, -0.1) is 0 Å². The van der Waals surface area contributed by atoms with E-state index in [0.29, 0.717) is 41.6 Å². The summed E-state index contributed by atoms with van der Waals surface area (Å²) in [6.07, 6.45) is 2.17. The van der Waals surface area contributed by atoms with E-state index in [1.54, 1.807) is 17.0 Å². The number of nitrogens with one attached hydrogen (secondary N) is 1. The van der Waals surface area contributed by atoms with Crippen molar-refractivity contribution in [1.82, 2.24) is 5.43 Å². The standard InChI is InChI=1S/C25H23Cl2N3O3/c1-3-30(17-8-5-4-6-9-17)25(32)23-15(2)22-20(10-7-11-21(22)33-23)28-29-24(31)18-13-12-16(26)14-19(18)27/h4-6,8-9,12-14H,3,7,10-11H2,1-2H3,(H,29,31)/b28-20+. The predicted molar refractivity (Wildman–Crippen MR) is 131 cm³/mol. The molecule has 2 aromatic carbocycles. The first kappa shape index (κ1) is 23.1. The molecule has 4 rings (SSSR count). The molecule has 0 saturated carbocycles. The zero-order valence-corrected chi connectivity index (χ0v) is 19.8. The predicted octanol–water partition coefficient (Wildman–Crippen LogP) is 6.03. The molecular weight excluding hydrogens is 461 g/mol. The maximum Gasteiger partial charge on any atom is 0.294 e. The molecule has 0 bridgehead atoms. The number of rotatable bonds is 5. The number of fused-ring (bicyclic) bond motifs is 1. The fourth-order valence-electron chi connectivity index (χ4n) is 4.01. The van der Waals surface area contributed by atoms with Gasteiger partial charge in [0.05, 0.1) is 16.3 Å². The van der Waals surface area contributed by atoms with Crippen LogP contribution in [0.25, 0.3) is 0 Å². The quantitative estimate of drug-likeness (QED) is 0.450. The van der Waals surface area contributed by atoms with Gasteiger partial charge in [0.15, 0.2) is 5.76 Å². The van der Waals surface area contributed by atoms with Crippen molar-refractivity contribution in [2.24, 2.45) is 5.10 Å². The lowest BCUT2D eigenvalue weighted by Crippen LogP contribution is -2.30. The summed E-state index contributed by atoms with van der Waals surface area (Å²) in [6.45, 7) is 4.28. The van der Waals surface area contributed by atoms with Crippen molar-refractivity contribution in [3.05, 3.63) is 86.8 Å². The van der Waals surface area contributed by atoms with E-state index in [9.17, 15) is 9.59 Å². The molecular formula is C25H23Cl2N3O3. The normalized spacial score (nSPS) is 14.1. The van der Waals surface area contributed by atoms with E-state index in [-0.39, 0.29) is 16.5 Å². The molecule has 170 valence electrons. The minimum absolute atomic E-state index is 0.202. The Morgan fingerprint density at radius 2 is 1.88 bits per heavy atom. The smallest absolute Gasteiger partial charge is 0.294 e. The van der Waals surface area contributed by atoms with E-state index in [1.807, 2.05) is 44.2 Å². The van der Waals surface area contributed by atoms with Crippen molar-refractivity contribution in [1.29, 1.82) is 0 Å². The van der Waals surface area contributed by atoms with Gasteiger partial charge >= 0.3 is 0 Å². The number of anilines is 1. The first-order valence-electron chi connectivity index (χ1n) is 10.7. The second-order valence-electron chi connectivity index (χ2n) is 7.72. The summed E-state index contributed by atoms with van der Waals surface area (Å²) in [6, 6.07) is 14.1. The Balaban J connectivity index is 1.62. The van der Waals surface area contributed by atoms with Crippen LogP contribution in [0.5, 0.6) is 0 Å². The lowest BCUT2D eigenvalue weighted by Gasteiger charge is -2.20. The number of hydrogen-bond donors (Lipinski definition) is 1. The van der Waals surface area contributed by atoms with Crippen LogP contribution < -0.4 is 10.3 Å². The van der Waals surface area contributed by atoms with Crippen molar-refractivity contribution in [2.75, 3.05) is 11.4 Å². The molecule has 8 heteroatoms. The molecule has 0 saturated heterocycles. The lowest BCUT2D eigenvalue weighted by molar-refractivity contribution is 0.0949. The first-order valence-corrected chi connectivity index (χ1v) is 11.5. The summed E-state index contributed by atoms with van der Waals surface area (Å²) in [5.74, 6) is 0.373. The third-order valence-corrected chi connectivity index (χ3v) is 6.17. The molecule has 1 aliphatic carbocycles. The van der Waals surface area contributed by atoms with Gasteiger partial charge in [-0.25, -0.2) is 5.43 Å². The van der Waals surface area contributed by atoms with Crippen molar-refractivity contribution in [3.8, 4) is 0 Å². The Morgan fingerprint density at radius 1 is 1.12 bits per heavy atom. The van der Waals surface area contributed by atoms with Crippen LogP contribution in [-0.4, -0.2) is 24.1 Å². The third-order valence-electron chi connectivity index (χ3n) is 5.62. The van der Waals surface area contributed by atoms with E-state index in [4.69, 9.17) is 27.6 Å². The van der Waals surface area contributed by atoms with Gasteiger partial charge in [0.25, 0.3) is 11.8 Å². The minimum atomic E-state index is -0.435. The first-order chi connectivity index (χ1) is 15.9. The maximum absolute atomic E-state index is 13.3. The number of amides is 2. The minimum Gasteiger partial charge on any atom is -0.455 e. The highest BCUT2D eigenvalue weighted by molar-refractivity contribution is 6.36. The number of furan rings is 1. The second-order valence-corrected chi connectivity index (χ2v) is 8.56. The number of carbonyl (C=O) groups excluding carboxylic acids is 2. The Morgan fingerprint density at radius 3 is 2.58 bits per heavy atom. The molecule has 33 heavy (non-hydrogen) atoms. The molecule has 0 atom stereocenters. The van der Waals surface area contributed by atoms with Gasteiger partial charge in [-0.1, -0.05) is 41.4 Å². The van der Waals surface area contributed by atoms with Gasteiger partial charge in [0, 0.05) is 34.8 Å². The number of aryl methyl sites for hydroxylation is 1. The van der Waals surface area contributed by atoms with Gasteiger partial charge in [-0.05, 0) is 57.0 Å². The topological polar surface area (TPSA) is 74.9 Å². The molecule has 1 aliphatic rings. The van der Waals surface area contributed by atoms with Gasteiger partial charge < -0.3 is 9.32 Å². The van der Waals surface area contributed by atoms with Crippen LogP contribution in [0.2, 0.25) is 10.0 Å². The highest BCUT2D eigenvalue weighted by Crippen LogP contribution is 2.31. The third kappa shape index (κ3) is 4.68. The van der Waals surface area contributed by atoms with Crippen LogP contribution >= 0.6 is 23.2 Å². The van der Waals surface area contributed by atoms with E-state index in [1.165, 1.54) is 6.07 Å². The molecule has 0 unspecified atom stereocenters. The zero-order chi connectivity index (χ0) is 23.5. The van der Waals surface area contributed by atoms with Crippen LogP contribution in [0.1, 0.15) is 57.6 Å². The van der Waals surface area contributed by atoms with E-state index < -0.39 is 5.91 Å². The van der Waals surface area contributed by atoms with Crippen LogP contribution in [0, 0.1) is 6.92 Å². The van der Waals surface area contributed by atoms with Crippen LogP contribution in [-0.2, 0) is 6.42 Å². The largest absolute Gasteiger partial charge is 0.455 e. The Bertz CT molecular complexity index is 1240. The molecule has 0 radical (unpaired) electrons. The summed E-state index contributed by atoms with van der Waals surface area (Å²) >= 11 is 12.0. The highest BCUT2D eigenvalue weighted by atomic mass is 35.5. The number of benzene rings is 2. The van der Waals surface area contributed by atoms with Gasteiger partial charge in [-0.3, -0.25) is 9.59 Å². The number of para-hydroxylation sites is 1. The van der Waals surface area contributed by atoms with E-state index in [2.05, 4.69) is 10.5 Å². The molecule has 2 amide bonds. The molecule has 1 heterocycles. The summed E-state index contributed by atoms with van der Waals surface area (Å²) in [5, 5.41) is 5.06. The van der Waals surface area contributed by atoms with E-state index >= 15 is 0 Å². The fraction of sp³-hybridized carbons (Fsp3) is 0.240. The van der Waals surface area contributed by atoms with Crippen molar-refractivity contribution < 1.29 is 14.0 Å². The summed E-state index contributed by atoms with van der Waals surface area (Å²) in [4.78, 5) is 27.6. The second kappa shape index (κ2) is 9.81. The SMILES string of the molecule is CCN(C(=O)c1oc2c(c1C)/C(=N/NC(=O)c1ccc(Cl)cc1Cl)CCC2)c1ccccc1. The zero-order valence-electron chi connectivity index (χ0n) is 18.3. The number of carbonyl (C=O) groups is 2. The number of nitrogens with zero attached hydrogens (tertiary/aromatic N) is 2. The molecule has 6 nitrogen and oxygen atoms in total. The lowest BCUT2D eigenvalue weighted by atomic mass is 9.93. The van der Waals surface area contributed by atoms with Crippen LogP contribution in [0.3, 0.4) is 0 Å². The number of hydrazone groups is 1.